The van der Waals surface area contributed by atoms with E-state index in [9.17, 15) is 0 Å². The fraction of sp³-hybridized carbons (Fsp3) is 0.182. The highest BCUT2D eigenvalue weighted by atomic mass is 16.3. The summed E-state index contributed by atoms with van der Waals surface area (Å²) in [5.74, 6) is 0. The first-order valence-electron chi connectivity index (χ1n) is 8.06. The fourth-order valence-electron chi connectivity index (χ4n) is 3.30. The lowest BCUT2D eigenvalue weighted by Gasteiger charge is -2.21. The van der Waals surface area contributed by atoms with Crippen LogP contribution in [0.15, 0.2) is 71.1 Å². The quantitative estimate of drug-likeness (QED) is 0.388. The smallest absolute Gasteiger partial charge is 0.143 e. The summed E-state index contributed by atoms with van der Waals surface area (Å²) in [4.78, 5) is 0. The maximum atomic E-state index is 6.27. The minimum absolute atomic E-state index is 0.0696. The van der Waals surface area contributed by atoms with Gasteiger partial charge in [-0.3, -0.25) is 0 Å². The topological polar surface area (TPSA) is 13.1 Å². The first-order valence-corrected chi connectivity index (χ1v) is 8.06. The molecule has 0 fully saturated rings. The van der Waals surface area contributed by atoms with Crippen molar-refractivity contribution in [2.45, 2.75) is 26.2 Å². The monoisotopic (exact) mass is 300 g/mol. The van der Waals surface area contributed by atoms with Crippen LogP contribution in [-0.2, 0) is 5.41 Å². The van der Waals surface area contributed by atoms with Gasteiger partial charge in [-0.05, 0) is 22.6 Å². The molecule has 0 atom stereocenters. The Morgan fingerprint density at radius 1 is 0.739 bits per heavy atom. The Labute approximate surface area is 136 Å². The fourth-order valence-corrected chi connectivity index (χ4v) is 3.30. The highest BCUT2D eigenvalue weighted by molar-refractivity contribution is 6.11. The van der Waals surface area contributed by atoms with Gasteiger partial charge in [0, 0.05) is 16.3 Å². The average Bonchev–Trinajstić information content (AvgIpc) is 2.93. The van der Waals surface area contributed by atoms with Crippen LogP contribution in [0.4, 0.5) is 0 Å². The van der Waals surface area contributed by atoms with Crippen LogP contribution < -0.4 is 0 Å². The van der Waals surface area contributed by atoms with Gasteiger partial charge in [-0.15, -0.1) is 0 Å². The van der Waals surface area contributed by atoms with E-state index in [-0.39, 0.29) is 5.41 Å². The molecule has 4 rings (SSSR count). The third-order valence-electron chi connectivity index (χ3n) is 4.42. The van der Waals surface area contributed by atoms with Gasteiger partial charge in [-0.1, -0.05) is 81.4 Å². The molecule has 1 nitrogen and oxygen atoms in total. The van der Waals surface area contributed by atoms with Gasteiger partial charge in [0.2, 0.25) is 0 Å². The van der Waals surface area contributed by atoms with E-state index in [0.29, 0.717) is 0 Å². The molecule has 0 N–H and O–H groups in total. The summed E-state index contributed by atoms with van der Waals surface area (Å²) in [6.45, 7) is 6.77. The number of rotatable bonds is 1. The summed E-state index contributed by atoms with van der Waals surface area (Å²) in [6, 6.07) is 23.2. The van der Waals surface area contributed by atoms with E-state index in [1.54, 1.807) is 0 Å². The molecule has 0 unspecified atom stereocenters. The predicted octanol–water partition coefficient (Wildman–Crippen LogP) is 6.55. The van der Waals surface area contributed by atoms with Crippen molar-refractivity contribution in [1.82, 2.24) is 0 Å². The number of para-hydroxylation sites is 1. The van der Waals surface area contributed by atoms with Crippen molar-refractivity contribution >= 4 is 21.9 Å². The molecule has 0 amide bonds. The minimum atomic E-state index is 0.0696. The van der Waals surface area contributed by atoms with Crippen molar-refractivity contribution in [3.8, 4) is 11.1 Å². The molecule has 0 bridgehead atoms. The molecular weight excluding hydrogens is 280 g/mol. The van der Waals surface area contributed by atoms with Gasteiger partial charge in [0.05, 0.1) is 0 Å². The molecule has 1 heterocycles. The second kappa shape index (κ2) is 4.99. The van der Waals surface area contributed by atoms with Gasteiger partial charge in [0.1, 0.15) is 11.2 Å². The van der Waals surface area contributed by atoms with Crippen LogP contribution in [0.25, 0.3) is 33.1 Å². The molecule has 1 aromatic heterocycles. The summed E-state index contributed by atoms with van der Waals surface area (Å²) in [5.41, 5.74) is 5.69. The van der Waals surface area contributed by atoms with Crippen molar-refractivity contribution in [3.05, 3.63) is 72.3 Å². The average molecular weight is 300 g/mol. The Hall–Kier alpha value is -2.54. The summed E-state index contributed by atoms with van der Waals surface area (Å²) in [7, 11) is 0. The summed E-state index contributed by atoms with van der Waals surface area (Å²) in [6.07, 6.45) is 0. The summed E-state index contributed by atoms with van der Waals surface area (Å²) >= 11 is 0. The molecule has 0 saturated heterocycles. The molecule has 0 saturated carbocycles. The maximum Gasteiger partial charge on any atom is 0.143 e. The Balaban J connectivity index is 2.16. The number of fused-ring (bicyclic) bond motifs is 3. The molecule has 114 valence electrons. The van der Waals surface area contributed by atoms with Gasteiger partial charge < -0.3 is 4.42 Å². The second-order valence-corrected chi connectivity index (χ2v) is 7.08. The SMILES string of the molecule is CC(C)(C)c1ccc(-c2ccccc2)c2oc3ccccc3c12. The highest BCUT2D eigenvalue weighted by Crippen LogP contribution is 2.41. The Bertz CT molecular complexity index is 985. The van der Waals surface area contributed by atoms with E-state index in [4.69, 9.17) is 4.42 Å². The van der Waals surface area contributed by atoms with E-state index in [0.717, 1.165) is 16.7 Å². The number of furan rings is 1. The molecule has 4 aromatic rings. The number of hydrogen-bond donors (Lipinski definition) is 0. The second-order valence-electron chi connectivity index (χ2n) is 7.08. The molecule has 0 aliphatic heterocycles. The zero-order valence-electron chi connectivity index (χ0n) is 13.8. The van der Waals surface area contributed by atoms with Crippen molar-refractivity contribution in [2.75, 3.05) is 0 Å². The van der Waals surface area contributed by atoms with Gasteiger partial charge in [0.25, 0.3) is 0 Å². The van der Waals surface area contributed by atoms with Crippen molar-refractivity contribution in [3.63, 3.8) is 0 Å². The van der Waals surface area contributed by atoms with E-state index in [1.807, 2.05) is 12.1 Å². The highest BCUT2D eigenvalue weighted by Gasteiger charge is 2.22. The minimum Gasteiger partial charge on any atom is -0.455 e. The first kappa shape index (κ1) is 14.1. The maximum absolute atomic E-state index is 6.27. The summed E-state index contributed by atoms with van der Waals surface area (Å²) in [5, 5.41) is 2.44. The Morgan fingerprint density at radius 2 is 1.43 bits per heavy atom. The molecule has 0 spiro atoms. The largest absolute Gasteiger partial charge is 0.455 e. The summed E-state index contributed by atoms with van der Waals surface area (Å²) < 4.78 is 6.27. The van der Waals surface area contributed by atoms with Crippen molar-refractivity contribution in [2.24, 2.45) is 0 Å². The lowest BCUT2D eigenvalue weighted by atomic mass is 9.83. The van der Waals surface area contributed by atoms with Crippen LogP contribution in [0.2, 0.25) is 0 Å². The number of hydrogen-bond acceptors (Lipinski definition) is 1. The molecule has 1 heteroatoms. The molecule has 0 aliphatic carbocycles. The predicted molar refractivity (Wildman–Crippen MR) is 97.9 cm³/mol. The van der Waals surface area contributed by atoms with Crippen LogP contribution in [0.5, 0.6) is 0 Å². The lowest BCUT2D eigenvalue weighted by molar-refractivity contribution is 0.595. The van der Waals surface area contributed by atoms with Crippen LogP contribution >= 0.6 is 0 Å². The first-order chi connectivity index (χ1) is 11.1. The van der Waals surface area contributed by atoms with Gasteiger partial charge >= 0.3 is 0 Å². The van der Waals surface area contributed by atoms with Gasteiger partial charge in [-0.2, -0.15) is 0 Å². The zero-order chi connectivity index (χ0) is 16.0. The number of benzene rings is 3. The Morgan fingerprint density at radius 3 is 2.17 bits per heavy atom. The molecular formula is C22H20O. The Kier molecular flexibility index (Phi) is 3.05. The van der Waals surface area contributed by atoms with Gasteiger partial charge in [-0.25, -0.2) is 0 Å². The van der Waals surface area contributed by atoms with E-state index in [1.165, 1.54) is 21.9 Å². The van der Waals surface area contributed by atoms with Crippen LogP contribution in [0.1, 0.15) is 26.3 Å². The van der Waals surface area contributed by atoms with Gasteiger partial charge in [0.15, 0.2) is 0 Å². The zero-order valence-corrected chi connectivity index (χ0v) is 13.8. The lowest BCUT2D eigenvalue weighted by Crippen LogP contribution is -2.11. The van der Waals surface area contributed by atoms with E-state index < -0.39 is 0 Å². The third kappa shape index (κ3) is 2.24. The normalized spacial score (nSPS) is 12.1. The van der Waals surface area contributed by atoms with E-state index in [2.05, 4.69) is 75.4 Å². The molecule has 0 radical (unpaired) electrons. The van der Waals surface area contributed by atoms with Crippen molar-refractivity contribution < 1.29 is 4.42 Å². The van der Waals surface area contributed by atoms with Crippen LogP contribution in [0, 0.1) is 0 Å². The van der Waals surface area contributed by atoms with Crippen LogP contribution in [-0.4, -0.2) is 0 Å². The molecule has 23 heavy (non-hydrogen) atoms. The van der Waals surface area contributed by atoms with E-state index >= 15 is 0 Å². The third-order valence-corrected chi connectivity index (χ3v) is 4.42. The molecule has 0 aliphatic rings. The van der Waals surface area contributed by atoms with Crippen LogP contribution in [0.3, 0.4) is 0 Å². The standard InChI is InChI=1S/C22H20O/c1-22(2,3)18-14-13-16(15-9-5-4-6-10-15)21-20(18)17-11-7-8-12-19(17)23-21/h4-14H,1-3H3. The van der Waals surface area contributed by atoms with Crippen molar-refractivity contribution in [1.29, 1.82) is 0 Å². The molecule has 3 aromatic carbocycles.